The van der Waals surface area contributed by atoms with Crippen molar-refractivity contribution in [1.82, 2.24) is 0 Å². The predicted octanol–water partition coefficient (Wildman–Crippen LogP) is -0.948. The number of rotatable bonds is 1. The van der Waals surface area contributed by atoms with Crippen LogP contribution in [0.3, 0.4) is 0 Å². The van der Waals surface area contributed by atoms with Crippen LogP contribution >= 0.6 is 0 Å². The fraction of sp³-hybridized carbons (Fsp3) is 0.667. The molecule has 0 spiro atoms. The normalized spacial score (nSPS) is 5.75. The Bertz CT molecular complexity index is 53.2. The molecule has 0 aromatic rings. The Balaban J connectivity index is -0.000000125. The second kappa shape index (κ2) is 11.3. The van der Waals surface area contributed by atoms with Crippen molar-refractivity contribution < 1.29 is 9.63 Å². The summed E-state index contributed by atoms with van der Waals surface area (Å²) in [5.41, 5.74) is 0. The number of hydrogen-bond donors (Lipinski definition) is 1. The van der Waals surface area contributed by atoms with Gasteiger partial charge in [0.05, 0.1) is 0 Å². The van der Waals surface area contributed by atoms with Gasteiger partial charge in [-0.05, 0) is 0 Å². The van der Waals surface area contributed by atoms with Crippen molar-refractivity contribution in [2.45, 2.75) is 13.3 Å². The Hall–Kier alpha value is 1.43. The fourth-order valence-corrected chi connectivity index (χ4v) is 0.0833. The van der Waals surface area contributed by atoms with Crippen LogP contribution in [0.2, 0.25) is 0 Å². The summed E-state index contributed by atoms with van der Waals surface area (Å²) in [7, 11) is 0. The minimum Gasteiger partial charge on any atom is -0.373 e. The van der Waals surface area contributed by atoms with E-state index < -0.39 is 0 Å². The maximum absolute atomic E-state index is 9.83. The molecule has 3 nitrogen and oxygen atoms in total. The van der Waals surface area contributed by atoms with Gasteiger partial charge >= 0.3 is 5.97 Å². The van der Waals surface area contributed by atoms with Crippen LogP contribution < -0.4 is 5.90 Å². The molecule has 0 aromatic heterocycles. The molecule has 0 aliphatic carbocycles. The molecule has 8 heavy (non-hydrogen) atoms. The Morgan fingerprint density at radius 3 is 2.00 bits per heavy atom. The largest absolute Gasteiger partial charge is 0.373 e. The topological polar surface area (TPSA) is 52.3 Å². The summed E-state index contributed by atoms with van der Waals surface area (Å²) in [6.45, 7) is 1.68. The minimum absolute atomic E-state index is 0. The van der Waals surface area contributed by atoms with Crippen LogP contribution in [0, 0.1) is 0 Å². The van der Waals surface area contributed by atoms with Crippen LogP contribution in [0.5, 0.6) is 0 Å². The monoisotopic (exact) mass is 135 g/mol. The molecule has 0 fully saturated rings. The number of carbonyl (C=O) groups excluding carboxylic acids is 1. The standard InChI is InChI=1S/C3H7NO2.2Na/c1-2-3(5)6-4;;/h2,4H2,1H3;;. The molecule has 38 valence electrons. The van der Waals surface area contributed by atoms with Crippen LogP contribution in [0.4, 0.5) is 0 Å². The van der Waals surface area contributed by atoms with E-state index >= 15 is 0 Å². The van der Waals surface area contributed by atoms with Gasteiger partial charge in [-0.1, -0.05) is 6.92 Å². The molecular formula is C3H7NNa2O2. The maximum Gasteiger partial charge on any atom is 0.324 e. The molecule has 0 aromatic carbocycles. The third-order valence-electron chi connectivity index (χ3n) is 0.420. The van der Waals surface area contributed by atoms with Crippen molar-refractivity contribution >= 4 is 65.1 Å². The summed E-state index contributed by atoms with van der Waals surface area (Å²) in [6.07, 6.45) is 0.344. The molecule has 0 heterocycles. The first-order chi connectivity index (χ1) is 2.81. The summed E-state index contributed by atoms with van der Waals surface area (Å²) in [6, 6.07) is 0. The average molecular weight is 135 g/mol. The third kappa shape index (κ3) is 10.4. The molecule has 0 saturated carbocycles. The summed E-state index contributed by atoms with van der Waals surface area (Å²) in [5.74, 6) is 4.05. The zero-order valence-electron chi connectivity index (χ0n) is 5.60. The van der Waals surface area contributed by atoms with Gasteiger partial charge in [-0.25, -0.2) is 0 Å². The van der Waals surface area contributed by atoms with Crippen LogP contribution in [0.15, 0.2) is 0 Å². The molecule has 2 radical (unpaired) electrons. The maximum atomic E-state index is 9.83. The Morgan fingerprint density at radius 1 is 1.62 bits per heavy atom. The SMILES string of the molecule is CCC(=O)ON.[Na].[Na]. The Labute approximate surface area is 92.9 Å². The summed E-state index contributed by atoms with van der Waals surface area (Å²) < 4.78 is 0. The van der Waals surface area contributed by atoms with E-state index in [1.165, 1.54) is 0 Å². The zero-order valence-corrected chi connectivity index (χ0v) is 9.60. The molecule has 0 aliphatic heterocycles. The molecule has 0 unspecified atom stereocenters. The van der Waals surface area contributed by atoms with Crippen molar-refractivity contribution in [3.8, 4) is 0 Å². The Kier molecular flexibility index (Phi) is 22.8. The first-order valence-electron chi connectivity index (χ1n) is 1.70. The molecule has 0 bridgehead atoms. The van der Waals surface area contributed by atoms with Crippen molar-refractivity contribution in [2.75, 3.05) is 0 Å². The van der Waals surface area contributed by atoms with Gasteiger partial charge in [0.1, 0.15) is 0 Å². The van der Waals surface area contributed by atoms with Gasteiger partial charge in [0.15, 0.2) is 0 Å². The van der Waals surface area contributed by atoms with E-state index in [1.807, 2.05) is 0 Å². The van der Waals surface area contributed by atoms with Crippen molar-refractivity contribution in [1.29, 1.82) is 0 Å². The van der Waals surface area contributed by atoms with E-state index in [2.05, 4.69) is 10.7 Å². The van der Waals surface area contributed by atoms with Crippen molar-refractivity contribution in [3.05, 3.63) is 0 Å². The van der Waals surface area contributed by atoms with E-state index in [1.54, 1.807) is 6.92 Å². The minimum atomic E-state index is -0.380. The van der Waals surface area contributed by atoms with E-state index in [9.17, 15) is 4.79 Å². The van der Waals surface area contributed by atoms with Gasteiger partial charge in [-0.3, -0.25) is 4.79 Å². The quantitative estimate of drug-likeness (QED) is 0.372. The van der Waals surface area contributed by atoms with Crippen molar-refractivity contribution in [2.24, 2.45) is 5.90 Å². The molecule has 0 atom stereocenters. The summed E-state index contributed by atoms with van der Waals surface area (Å²) in [5, 5.41) is 0. The average Bonchev–Trinajstić information content (AvgIpc) is 1.65. The molecule has 0 aliphatic rings. The van der Waals surface area contributed by atoms with Crippen LogP contribution in [0.1, 0.15) is 13.3 Å². The van der Waals surface area contributed by atoms with E-state index in [0.29, 0.717) is 6.42 Å². The van der Waals surface area contributed by atoms with Gasteiger partial charge in [0.25, 0.3) is 0 Å². The van der Waals surface area contributed by atoms with E-state index in [4.69, 9.17) is 0 Å². The smallest absolute Gasteiger partial charge is 0.324 e. The first kappa shape index (κ1) is 16.2. The molecule has 5 heteroatoms. The molecule has 0 amide bonds. The van der Waals surface area contributed by atoms with Crippen molar-refractivity contribution in [3.63, 3.8) is 0 Å². The fourth-order valence-electron chi connectivity index (χ4n) is 0.0833. The second-order valence-electron chi connectivity index (χ2n) is 0.843. The summed E-state index contributed by atoms with van der Waals surface area (Å²) >= 11 is 0. The predicted molar refractivity (Wildman–Crippen MR) is 32.1 cm³/mol. The second-order valence-corrected chi connectivity index (χ2v) is 0.843. The zero-order chi connectivity index (χ0) is 4.99. The number of nitrogens with two attached hydrogens (primary N) is 1. The van der Waals surface area contributed by atoms with Gasteiger partial charge in [0, 0.05) is 65.5 Å². The van der Waals surface area contributed by atoms with Crippen LogP contribution in [0.25, 0.3) is 0 Å². The number of carbonyl (C=O) groups is 1. The Morgan fingerprint density at radius 2 is 2.00 bits per heavy atom. The first-order valence-corrected chi connectivity index (χ1v) is 1.70. The molecule has 0 rings (SSSR count). The van der Waals surface area contributed by atoms with Gasteiger partial charge < -0.3 is 4.84 Å². The summed E-state index contributed by atoms with van der Waals surface area (Å²) in [4.78, 5) is 13.6. The molecule has 2 N–H and O–H groups in total. The van der Waals surface area contributed by atoms with Crippen LogP contribution in [-0.2, 0) is 9.63 Å². The molecular weight excluding hydrogens is 128 g/mol. The van der Waals surface area contributed by atoms with E-state index in [-0.39, 0.29) is 65.1 Å². The molecule has 0 saturated heterocycles. The van der Waals surface area contributed by atoms with Gasteiger partial charge in [-0.2, -0.15) is 5.90 Å². The van der Waals surface area contributed by atoms with Crippen LogP contribution in [-0.4, -0.2) is 65.1 Å². The number of hydrogen-bond acceptors (Lipinski definition) is 3. The van der Waals surface area contributed by atoms with E-state index in [0.717, 1.165) is 0 Å². The van der Waals surface area contributed by atoms with Gasteiger partial charge in [0.2, 0.25) is 0 Å². The third-order valence-corrected chi connectivity index (χ3v) is 0.420. The van der Waals surface area contributed by atoms with Gasteiger partial charge in [-0.15, -0.1) is 0 Å².